The molecule has 0 saturated carbocycles. The highest BCUT2D eigenvalue weighted by Gasteiger charge is 2.03. The standard InChI is InChI=1S/C17H17N3O3S/c1-22-15-9-7-14(8-10-15)19-17(24)20-18-11-12-3-5-13(6-4-12)16(21)23-2/h3-11H,1-2H3,(H2,19,20,24)/b18-11+. The maximum absolute atomic E-state index is 11.3. The molecule has 0 atom stereocenters. The number of thiocarbonyl (C=S) groups is 1. The van der Waals surface area contributed by atoms with Gasteiger partial charge in [0.05, 0.1) is 26.0 Å². The van der Waals surface area contributed by atoms with Crippen molar-refractivity contribution in [2.75, 3.05) is 19.5 Å². The van der Waals surface area contributed by atoms with Crippen molar-refractivity contribution < 1.29 is 14.3 Å². The molecule has 0 heterocycles. The largest absolute Gasteiger partial charge is 0.497 e. The van der Waals surface area contributed by atoms with Gasteiger partial charge in [-0.25, -0.2) is 4.79 Å². The van der Waals surface area contributed by atoms with Crippen LogP contribution in [0.2, 0.25) is 0 Å². The van der Waals surface area contributed by atoms with Crippen molar-refractivity contribution in [3.63, 3.8) is 0 Å². The Bertz CT molecular complexity index is 728. The Hall–Kier alpha value is -2.93. The summed E-state index contributed by atoms with van der Waals surface area (Å²) in [6.45, 7) is 0. The zero-order valence-electron chi connectivity index (χ0n) is 13.3. The van der Waals surface area contributed by atoms with E-state index < -0.39 is 0 Å². The molecule has 0 radical (unpaired) electrons. The number of ether oxygens (including phenoxy) is 2. The molecule has 24 heavy (non-hydrogen) atoms. The number of rotatable bonds is 5. The van der Waals surface area contributed by atoms with Crippen LogP contribution in [0.25, 0.3) is 0 Å². The number of esters is 1. The minimum Gasteiger partial charge on any atom is -0.497 e. The highest BCUT2D eigenvalue weighted by molar-refractivity contribution is 7.80. The first-order valence-electron chi connectivity index (χ1n) is 7.05. The van der Waals surface area contributed by atoms with Crippen LogP contribution in [0.1, 0.15) is 15.9 Å². The molecule has 0 amide bonds. The number of methoxy groups -OCH3 is 2. The number of nitrogens with one attached hydrogen (secondary N) is 2. The highest BCUT2D eigenvalue weighted by atomic mass is 32.1. The fourth-order valence-corrected chi connectivity index (χ4v) is 1.99. The molecular weight excluding hydrogens is 326 g/mol. The minimum atomic E-state index is -0.374. The molecule has 0 aliphatic heterocycles. The van der Waals surface area contributed by atoms with Gasteiger partial charge in [0, 0.05) is 5.69 Å². The van der Waals surface area contributed by atoms with Crippen molar-refractivity contribution in [1.29, 1.82) is 0 Å². The predicted molar refractivity (Wildman–Crippen MR) is 97.7 cm³/mol. The molecule has 0 bridgehead atoms. The SMILES string of the molecule is COC(=O)c1ccc(/C=N/NC(=S)Nc2ccc(OC)cc2)cc1. The van der Waals surface area contributed by atoms with Crippen LogP contribution in [0.5, 0.6) is 5.75 Å². The first-order chi connectivity index (χ1) is 11.6. The number of hydrogen-bond acceptors (Lipinski definition) is 5. The van der Waals surface area contributed by atoms with Gasteiger partial charge >= 0.3 is 5.97 Å². The van der Waals surface area contributed by atoms with Gasteiger partial charge in [0.2, 0.25) is 0 Å². The number of benzene rings is 2. The van der Waals surface area contributed by atoms with Crippen molar-refractivity contribution in [3.8, 4) is 5.75 Å². The van der Waals surface area contributed by atoms with Crippen LogP contribution in [-0.4, -0.2) is 31.5 Å². The molecular formula is C17H17N3O3S. The van der Waals surface area contributed by atoms with Gasteiger partial charge < -0.3 is 14.8 Å². The predicted octanol–water partition coefficient (Wildman–Crippen LogP) is 2.80. The first-order valence-corrected chi connectivity index (χ1v) is 7.45. The molecule has 0 spiro atoms. The van der Waals surface area contributed by atoms with Gasteiger partial charge in [0.1, 0.15) is 5.75 Å². The van der Waals surface area contributed by atoms with Crippen molar-refractivity contribution >= 4 is 35.2 Å². The topological polar surface area (TPSA) is 72.0 Å². The third-order valence-corrected chi connectivity index (χ3v) is 3.25. The Labute approximate surface area is 145 Å². The number of hydrazone groups is 1. The van der Waals surface area contributed by atoms with E-state index in [0.29, 0.717) is 10.7 Å². The smallest absolute Gasteiger partial charge is 0.337 e. The van der Waals surface area contributed by atoms with E-state index in [1.54, 1.807) is 37.6 Å². The zero-order valence-corrected chi connectivity index (χ0v) is 14.1. The molecule has 0 fully saturated rings. The molecule has 7 heteroatoms. The van der Waals surface area contributed by atoms with E-state index in [-0.39, 0.29) is 5.97 Å². The fourth-order valence-electron chi connectivity index (χ4n) is 1.82. The van der Waals surface area contributed by atoms with Gasteiger partial charge in [-0.1, -0.05) is 12.1 Å². The van der Waals surface area contributed by atoms with Gasteiger partial charge in [-0.2, -0.15) is 5.10 Å². The molecule has 0 saturated heterocycles. The summed E-state index contributed by atoms with van der Waals surface area (Å²) in [5, 5.41) is 7.41. The van der Waals surface area contributed by atoms with Crippen LogP contribution < -0.4 is 15.5 Å². The number of carbonyl (C=O) groups excluding carboxylic acids is 1. The van der Waals surface area contributed by atoms with Crippen LogP contribution in [0.4, 0.5) is 5.69 Å². The third-order valence-electron chi connectivity index (χ3n) is 3.06. The molecule has 0 aliphatic carbocycles. The second kappa shape index (κ2) is 8.64. The Morgan fingerprint density at radius 1 is 1.08 bits per heavy atom. The lowest BCUT2D eigenvalue weighted by Gasteiger charge is -2.07. The van der Waals surface area contributed by atoms with Crippen LogP contribution in [0.3, 0.4) is 0 Å². The molecule has 124 valence electrons. The summed E-state index contributed by atoms with van der Waals surface area (Å²) in [4.78, 5) is 11.3. The monoisotopic (exact) mass is 343 g/mol. The van der Waals surface area contributed by atoms with E-state index in [1.165, 1.54) is 7.11 Å². The summed E-state index contributed by atoms with van der Waals surface area (Å²) in [6.07, 6.45) is 1.60. The molecule has 6 nitrogen and oxygen atoms in total. The minimum absolute atomic E-state index is 0.364. The molecule has 2 N–H and O–H groups in total. The van der Waals surface area contributed by atoms with Gasteiger partial charge in [-0.15, -0.1) is 0 Å². The van der Waals surface area contributed by atoms with E-state index in [9.17, 15) is 4.79 Å². The average molecular weight is 343 g/mol. The van der Waals surface area contributed by atoms with Crippen molar-refractivity contribution in [1.82, 2.24) is 5.43 Å². The van der Waals surface area contributed by atoms with Crippen molar-refractivity contribution in [2.24, 2.45) is 5.10 Å². The van der Waals surface area contributed by atoms with Crippen LogP contribution in [0, 0.1) is 0 Å². The number of anilines is 1. The quantitative estimate of drug-likeness (QED) is 0.376. The second-order valence-corrected chi connectivity index (χ2v) is 5.07. The average Bonchev–Trinajstić information content (AvgIpc) is 2.62. The maximum Gasteiger partial charge on any atom is 0.337 e. The Kier molecular flexibility index (Phi) is 6.27. The van der Waals surface area contributed by atoms with Crippen molar-refractivity contribution in [2.45, 2.75) is 0 Å². The van der Waals surface area contributed by atoms with Gasteiger partial charge in [-0.3, -0.25) is 5.43 Å². The number of carbonyl (C=O) groups is 1. The lowest BCUT2D eigenvalue weighted by molar-refractivity contribution is 0.0600. The van der Waals surface area contributed by atoms with Gasteiger partial charge in [-0.05, 0) is 54.2 Å². The third kappa shape index (κ3) is 5.06. The Morgan fingerprint density at radius 3 is 2.33 bits per heavy atom. The molecule has 2 rings (SSSR count). The van der Waals surface area contributed by atoms with E-state index in [0.717, 1.165) is 17.0 Å². The molecule has 2 aromatic carbocycles. The molecule has 0 aliphatic rings. The summed E-state index contributed by atoms with van der Waals surface area (Å²) in [5.41, 5.74) is 4.86. The summed E-state index contributed by atoms with van der Waals surface area (Å²) >= 11 is 5.15. The maximum atomic E-state index is 11.3. The Balaban J connectivity index is 1.86. The van der Waals surface area contributed by atoms with Gasteiger partial charge in [0.25, 0.3) is 0 Å². The molecule has 0 aromatic heterocycles. The fraction of sp³-hybridized carbons (Fsp3) is 0.118. The lowest BCUT2D eigenvalue weighted by Crippen LogP contribution is -2.23. The van der Waals surface area contributed by atoms with Crippen LogP contribution in [0.15, 0.2) is 53.6 Å². The number of nitrogens with zero attached hydrogens (tertiary/aromatic N) is 1. The highest BCUT2D eigenvalue weighted by Crippen LogP contribution is 2.14. The van der Waals surface area contributed by atoms with E-state index >= 15 is 0 Å². The van der Waals surface area contributed by atoms with E-state index in [2.05, 4.69) is 20.6 Å². The molecule has 2 aromatic rings. The zero-order chi connectivity index (χ0) is 17.4. The van der Waals surface area contributed by atoms with Crippen LogP contribution >= 0.6 is 12.2 Å². The van der Waals surface area contributed by atoms with Crippen LogP contribution in [-0.2, 0) is 4.74 Å². The van der Waals surface area contributed by atoms with E-state index in [4.69, 9.17) is 17.0 Å². The lowest BCUT2D eigenvalue weighted by atomic mass is 10.1. The summed E-state index contributed by atoms with van der Waals surface area (Å²) in [6, 6.07) is 14.2. The number of hydrogen-bond donors (Lipinski definition) is 2. The van der Waals surface area contributed by atoms with Crippen molar-refractivity contribution in [3.05, 3.63) is 59.7 Å². The molecule has 0 unspecified atom stereocenters. The first kappa shape index (κ1) is 17.4. The van der Waals surface area contributed by atoms with Gasteiger partial charge in [0.15, 0.2) is 5.11 Å². The Morgan fingerprint density at radius 2 is 1.75 bits per heavy atom. The summed E-state index contributed by atoms with van der Waals surface area (Å²) < 4.78 is 9.73. The summed E-state index contributed by atoms with van der Waals surface area (Å²) in [7, 11) is 2.96. The van der Waals surface area contributed by atoms with E-state index in [1.807, 2.05) is 24.3 Å². The normalized spacial score (nSPS) is 10.2. The second-order valence-electron chi connectivity index (χ2n) is 4.67. The summed E-state index contributed by atoms with van der Waals surface area (Å²) in [5.74, 6) is 0.398.